The number of carbonyl (C=O) groups excluding carboxylic acids is 2. The van der Waals surface area contributed by atoms with Crippen LogP contribution < -0.4 is 5.32 Å². The zero-order valence-electron chi connectivity index (χ0n) is 16.2. The number of nitrogens with one attached hydrogen (secondary N) is 1. The Morgan fingerprint density at radius 3 is 2.53 bits per heavy atom. The van der Waals surface area contributed by atoms with E-state index in [1.54, 1.807) is 27.7 Å². The summed E-state index contributed by atoms with van der Waals surface area (Å²) in [6.07, 6.45) is 1.09. The van der Waals surface area contributed by atoms with Gasteiger partial charge in [-0.1, -0.05) is 0 Å². The van der Waals surface area contributed by atoms with Crippen LogP contribution in [0, 0.1) is 0 Å². The van der Waals surface area contributed by atoms with Crippen molar-refractivity contribution in [1.82, 2.24) is 15.1 Å². The minimum Gasteiger partial charge on any atom is -0.353 e. The molecule has 19 heavy (non-hydrogen) atoms. The van der Waals surface area contributed by atoms with Crippen LogP contribution in [0.25, 0.3) is 0 Å². The third-order valence-electron chi connectivity index (χ3n) is 3.01. The number of nitrogens with zero attached hydrogens (tertiary/aromatic N) is 2. The van der Waals surface area contributed by atoms with Gasteiger partial charge in [0, 0.05) is 40.8 Å². The molecule has 5 nitrogen and oxygen atoms in total. The lowest BCUT2D eigenvalue weighted by molar-refractivity contribution is -0.133. The van der Waals surface area contributed by atoms with E-state index in [4.69, 9.17) is 5.48 Å². The normalized spacial score (nSPS) is 20.6. The summed E-state index contributed by atoms with van der Waals surface area (Å²) in [5, 5.41) is 2.12. The number of carbonyl (C=O) groups is 2. The SMILES string of the molecule is [2H]C([2H])(NC(=O)CN1CCCC1=O)C([2H])([2H])N(C(C)C)C(C)C. The summed E-state index contributed by atoms with van der Waals surface area (Å²) < 4.78 is 32.4. The van der Waals surface area contributed by atoms with Crippen LogP contribution in [0.3, 0.4) is 0 Å². The molecule has 0 aromatic heterocycles. The molecule has 0 unspecified atom stereocenters. The Bertz CT molecular complexity index is 447. The summed E-state index contributed by atoms with van der Waals surface area (Å²) in [7, 11) is 0. The quantitative estimate of drug-likeness (QED) is 0.748. The van der Waals surface area contributed by atoms with Gasteiger partial charge in [0.05, 0.1) is 9.29 Å². The van der Waals surface area contributed by atoms with Crippen molar-refractivity contribution in [3.8, 4) is 0 Å². The van der Waals surface area contributed by atoms with Crippen molar-refractivity contribution in [2.75, 3.05) is 26.1 Å². The number of likely N-dealkylation sites (tertiary alicyclic amines) is 1. The predicted octanol–water partition coefficient (Wildman–Crippen LogP) is 0.844. The van der Waals surface area contributed by atoms with Gasteiger partial charge in [-0.2, -0.15) is 0 Å². The highest BCUT2D eigenvalue weighted by molar-refractivity contribution is 5.85. The molecular formula is C14H27N3O2. The largest absolute Gasteiger partial charge is 0.353 e. The summed E-state index contributed by atoms with van der Waals surface area (Å²) in [4.78, 5) is 26.3. The van der Waals surface area contributed by atoms with Gasteiger partial charge in [-0.3, -0.25) is 14.5 Å². The Hall–Kier alpha value is -1.10. The van der Waals surface area contributed by atoms with Crippen molar-refractivity contribution in [2.45, 2.75) is 52.6 Å². The van der Waals surface area contributed by atoms with Crippen molar-refractivity contribution in [1.29, 1.82) is 0 Å². The van der Waals surface area contributed by atoms with E-state index < -0.39 is 18.9 Å². The third kappa shape index (κ3) is 5.19. The van der Waals surface area contributed by atoms with E-state index in [1.807, 2.05) is 0 Å². The minimum atomic E-state index is -2.58. The highest BCUT2D eigenvalue weighted by Crippen LogP contribution is 2.08. The number of amides is 2. The van der Waals surface area contributed by atoms with Crippen LogP contribution in [0.4, 0.5) is 0 Å². The Morgan fingerprint density at radius 1 is 1.42 bits per heavy atom. The van der Waals surface area contributed by atoms with Crippen LogP contribution in [0.1, 0.15) is 46.0 Å². The first kappa shape index (κ1) is 10.7. The van der Waals surface area contributed by atoms with Crippen LogP contribution in [0.5, 0.6) is 0 Å². The van der Waals surface area contributed by atoms with Crippen LogP contribution >= 0.6 is 0 Å². The molecule has 5 heteroatoms. The molecule has 1 aliphatic heterocycles. The molecule has 0 saturated carbocycles. The molecule has 1 N–H and O–H groups in total. The lowest BCUT2D eigenvalue weighted by atomic mass is 10.2. The van der Waals surface area contributed by atoms with Crippen molar-refractivity contribution >= 4 is 11.8 Å². The molecular weight excluding hydrogens is 242 g/mol. The number of hydrogen-bond donors (Lipinski definition) is 1. The van der Waals surface area contributed by atoms with Crippen LogP contribution in [0.2, 0.25) is 0 Å². The minimum absolute atomic E-state index is 0.130. The Morgan fingerprint density at radius 2 is 2.05 bits per heavy atom. The molecule has 0 atom stereocenters. The maximum absolute atomic E-state index is 12.0. The molecule has 1 saturated heterocycles. The second kappa shape index (κ2) is 7.48. The summed E-state index contributed by atoms with van der Waals surface area (Å²) in [6, 6.07) is -0.478. The first-order valence-electron chi connectivity index (χ1n) is 8.77. The first-order chi connectivity index (χ1) is 10.4. The smallest absolute Gasteiger partial charge is 0.239 e. The van der Waals surface area contributed by atoms with Crippen LogP contribution in [-0.2, 0) is 9.59 Å². The molecule has 1 fully saturated rings. The average molecular weight is 273 g/mol. The lowest BCUT2D eigenvalue weighted by Crippen LogP contribution is -2.44. The average Bonchev–Trinajstić information content (AvgIpc) is 2.72. The fraction of sp³-hybridized carbons (Fsp3) is 0.857. The van der Waals surface area contributed by atoms with Gasteiger partial charge in [0.1, 0.15) is 0 Å². The van der Waals surface area contributed by atoms with E-state index in [0.717, 1.165) is 0 Å². The molecule has 1 aliphatic rings. The van der Waals surface area contributed by atoms with Crippen molar-refractivity contribution in [3.05, 3.63) is 0 Å². The first-order valence-corrected chi connectivity index (χ1v) is 6.77. The molecule has 0 spiro atoms. The van der Waals surface area contributed by atoms with Gasteiger partial charge in [-0.05, 0) is 34.1 Å². The fourth-order valence-electron chi connectivity index (χ4n) is 2.10. The van der Waals surface area contributed by atoms with Gasteiger partial charge in [0.2, 0.25) is 11.8 Å². The molecule has 0 aliphatic carbocycles. The van der Waals surface area contributed by atoms with Crippen molar-refractivity contribution in [3.63, 3.8) is 0 Å². The zero-order chi connectivity index (χ0) is 18.0. The Labute approximate surface area is 121 Å². The van der Waals surface area contributed by atoms with Gasteiger partial charge >= 0.3 is 0 Å². The summed E-state index contributed by atoms with van der Waals surface area (Å²) in [5.41, 5.74) is 0. The van der Waals surface area contributed by atoms with Gasteiger partial charge in [-0.25, -0.2) is 0 Å². The molecule has 0 aromatic rings. The lowest BCUT2D eigenvalue weighted by Gasteiger charge is -2.30. The molecule has 110 valence electrons. The second-order valence-corrected chi connectivity index (χ2v) is 5.30. The highest BCUT2D eigenvalue weighted by Gasteiger charge is 2.22. The van der Waals surface area contributed by atoms with Crippen LogP contribution in [0.15, 0.2) is 0 Å². The maximum Gasteiger partial charge on any atom is 0.239 e. The Balaban J connectivity index is 2.82. The summed E-state index contributed by atoms with van der Waals surface area (Å²) >= 11 is 0. The zero-order valence-corrected chi connectivity index (χ0v) is 12.2. The molecule has 0 aromatic carbocycles. The summed E-state index contributed by atoms with van der Waals surface area (Å²) in [5.74, 6) is -0.823. The second-order valence-electron chi connectivity index (χ2n) is 5.30. The fourth-order valence-corrected chi connectivity index (χ4v) is 2.10. The highest BCUT2D eigenvalue weighted by atomic mass is 16.2. The maximum atomic E-state index is 12.0. The van der Waals surface area contributed by atoms with Gasteiger partial charge in [0.15, 0.2) is 0 Å². The van der Waals surface area contributed by atoms with Crippen LogP contribution in [-0.4, -0.2) is 59.8 Å². The molecule has 2 amide bonds. The van der Waals surface area contributed by atoms with E-state index in [1.165, 1.54) is 9.80 Å². The van der Waals surface area contributed by atoms with E-state index >= 15 is 0 Å². The van der Waals surface area contributed by atoms with E-state index in [-0.39, 0.29) is 24.5 Å². The van der Waals surface area contributed by atoms with E-state index in [9.17, 15) is 9.59 Å². The van der Waals surface area contributed by atoms with Crippen molar-refractivity contribution < 1.29 is 15.1 Å². The topological polar surface area (TPSA) is 52.7 Å². The third-order valence-corrected chi connectivity index (χ3v) is 3.01. The molecule has 1 rings (SSSR count). The van der Waals surface area contributed by atoms with E-state index in [0.29, 0.717) is 19.4 Å². The standard InChI is InChI=1S/C14H27N3O2/c1-11(2)17(12(3)4)9-7-15-13(18)10-16-8-5-6-14(16)19/h11-12H,5-10H2,1-4H3,(H,15,18)/i7D2,9D2. The van der Waals surface area contributed by atoms with Crippen molar-refractivity contribution in [2.24, 2.45) is 0 Å². The predicted molar refractivity (Wildman–Crippen MR) is 75.8 cm³/mol. The molecule has 1 heterocycles. The monoisotopic (exact) mass is 273 g/mol. The van der Waals surface area contributed by atoms with Gasteiger partial charge < -0.3 is 10.2 Å². The van der Waals surface area contributed by atoms with Gasteiger partial charge in [-0.15, -0.1) is 0 Å². The Kier molecular flexibility index (Phi) is 4.20. The number of hydrogen-bond acceptors (Lipinski definition) is 3. The molecule has 0 bridgehead atoms. The number of rotatable bonds is 7. The summed E-state index contributed by atoms with van der Waals surface area (Å²) in [6.45, 7) is 2.37. The van der Waals surface area contributed by atoms with Gasteiger partial charge in [0.25, 0.3) is 0 Å². The van der Waals surface area contributed by atoms with E-state index in [2.05, 4.69) is 5.32 Å². The molecule has 0 radical (unpaired) electrons.